The van der Waals surface area contributed by atoms with Gasteiger partial charge in [-0.3, -0.25) is 0 Å². The molecule has 0 bridgehead atoms. The summed E-state index contributed by atoms with van der Waals surface area (Å²) in [5.74, 6) is 0.498. The number of nitrogens with one attached hydrogen (secondary N) is 1. The molecule has 0 aliphatic heterocycles. The summed E-state index contributed by atoms with van der Waals surface area (Å²) in [6.45, 7) is 3.17. The van der Waals surface area contributed by atoms with Crippen LogP contribution in [0.2, 0.25) is 0 Å². The first-order valence-corrected chi connectivity index (χ1v) is 8.19. The van der Waals surface area contributed by atoms with Gasteiger partial charge in [-0.25, -0.2) is 4.39 Å². The first kappa shape index (κ1) is 15.0. The van der Waals surface area contributed by atoms with Crippen LogP contribution in [-0.4, -0.2) is 6.54 Å². The largest absolute Gasteiger partial charge is 0.310 e. The SMILES string of the molecule is CCCNC(c1cc(F)cc(Br)c1)C1CCCCC1. The van der Waals surface area contributed by atoms with Crippen LogP contribution in [0.1, 0.15) is 57.1 Å². The number of benzene rings is 1. The third kappa shape index (κ3) is 4.28. The minimum absolute atomic E-state index is 0.150. The summed E-state index contributed by atoms with van der Waals surface area (Å²) >= 11 is 3.41. The molecular weight excluding hydrogens is 305 g/mol. The van der Waals surface area contributed by atoms with Crippen LogP contribution in [0.15, 0.2) is 22.7 Å². The first-order chi connectivity index (χ1) is 9.20. The molecule has 0 radical (unpaired) electrons. The lowest BCUT2D eigenvalue weighted by molar-refractivity contribution is 0.271. The van der Waals surface area contributed by atoms with E-state index >= 15 is 0 Å². The summed E-state index contributed by atoms with van der Waals surface area (Å²) in [6.07, 6.45) is 7.60. The van der Waals surface area contributed by atoms with Gasteiger partial charge < -0.3 is 5.32 Å². The van der Waals surface area contributed by atoms with E-state index in [1.165, 1.54) is 38.2 Å². The molecule has 1 aliphatic carbocycles. The van der Waals surface area contributed by atoms with Gasteiger partial charge >= 0.3 is 0 Å². The molecule has 1 unspecified atom stereocenters. The maximum atomic E-state index is 13.6. The second-order valence-electron chi connectivity index (χ2n) is 5.53. The smallest absolute Gasteiger partial charge is 0.124 e. The van der Waals surface area contributed by atoms with Gasteiger partial charge in [-0.15, -0.1) is 0 Å². The molecule has 1 aliphatic rings. The molecule has 106 valence electrons. The van der Waals surface area contributed by atoms with Crippen molar-refractivity contribution in [2.24, 2.45) is 5.92 Å². The van der Waals surface area contributed by atoms with Crippen molar-refractivity contribution in [3.8, 4) is 0 Å². The average molecular weight is 328 g/mol. The molecule has 3 heteroatoms. The van der Waals surface area contributed by atoms with Gasteiger partial charge in [0.1, 0.15) is 5.82 Å². The Morgan fingerprint density at radius 2 is 2.00 bits per heavy atom. The standard InChI is InChI=1S/C16H23BrFN/c1-2-8-19-16(12-6-4-3-5-7-12)13-9-14(17)11-15(18)10-13/h9-12,16,19H,2-8H2,1H3. The molecule has 0 heterocycles. The van der Waals surface area contributed by atoms with Crippen molar-refractivity contribution in [2.45, 2.75) is 51.5 Å². The maximum Gasteiger partial charge on any atom is 0.124 e. The quantitative estimate of drug-likeness (QED) is 0.782. The van der Waals surface area contributed by atoms with Crippen molar-refractivity contribution in [1.82, 2.24) is 5.32 Å². The van der Waals surface area contributed by atoms with Crippen LogP contribution >= 0.6 is 15.9 Å². The first-order valence-electron chi connectivity index (χ1n) is 7.40. The average Bonchev–Trinajstić information content (AvgIpc) is 2.39. The normalized spacial score (nSPS) is 18.5. The van der Waals surface area contributed by atoms with Crippen LogP contribution in [0, 0.1) is 11.7 Å². The Morgan fingerprint density at radius 3 is 2.63 bits per heavy atom. The molecule has 0 spiro atoms. The zero-order valence-corrected chi connectivity index (χ0v) is 13.2. The third-order valence-corrected chi connectivity index (χ3v) is 4.44. The second-order valence-corrected chi connectivity index (χ2v) is 6.45. The van der Waals surface area contributed by atoms with E-state index in [9.17, 15) is 4.39 Å². The van der Waals surface area contributed by atoms with E-state index in [4.69, 9.17) is 0 Å². The predicted molar refractivity (Wildman–Crippen MR) is 81.7 cm³/mol. The van der Waals surface area contributed by atoms with E-state index in [-0.39, 0.29) is 5.82 Å². The summed E-state index contributed by atoms with van der Waals surface area (Å²) in [6, 6.07) is 5.58. The molecule has 0 saturated heterocycles. The Labute approximate surface area is 124 Å². The monoisotopic (exact) mass is 327 g/mol. The molecule has 1 fully saturated rings. The molecule has 1 aromatic carbocycles. The Balaban J connectivity index is 2.19. The summed E-state index contributed by atoms with van der Waals surface area (Å²) < 4.78 is 14.5. The Hall–Kier alpha value is -0.410. The zero-order chi connectivity index (χ0) is 13.7. The van der Waals surface area contributed by atoms with Crippen molar-refractivity contribution in [3.05, 3.63) is 34.1 Å². The molecule has 1 saturated carbocycles. The summed E-state index contributed by atoms with van der Waals surface area (Å²) in [7, 11) is 0. The van der Waals surface area contributed by atoms with Gasteiger partial charge in [0.25, 0.3) is 0 Å². The number of rotatable bonds is 5. The minimum Gasteiger partial charge on any atom is -0.310 e. The Morgan fingerprint density at radius 1 is 1.26 bits per heavy atom. The zero-order valence-electron chi connectivity index (χ0n) is 11.6. The molecule has 1 atom stereocenters. The highest BCUT2D eigenvalue weighted by atomic mass is 79.9. The summed E-state index contributed by atoms with van der Waals surface area (Å²) in [5.41, 5.74) is 1.09. The van der Waals surface area contributed by atoms with Gasteiger partial charge in [-0.2, -0.15) is 0 Å². The van der Waals surface area contributed by atoms with Crippen LogP contribution in [0.3, 0.4) is 0 Å². The van der Waals surface area contributed by atoms with Gasteiger partial charge in [-0.1, -0.05) is 42.1 Å². The van der Waals surface area contributed by atoms with Gasteiger partial charge in [0.2, 0.25) is 0 Å². The van der Waals surface area contributed by atoms with Crippen LogP contribution in [0.4, 0.5) is 4.39 Å². The van der Waals surface area contributed by atoms with Crippen molar-refractivity contribution in [3.63, 3.8) is 0 Å². The fourth-order valence-corrected chi connectivity index (χ4v) is 3.56. The molecular formula is C16H23BrFN. The topological polar surface area (TPSA) is 12.0 Å². The maximum absolute atomic E-state index is 13.6. The molecule has 1 N–H and O–H groups in total. The highest BCUT2D eigenvalue weighted by Crippen LogP contribution is 2.35. The summed E-state index contributed by atoms with van der Waals surface area (Å²) in [5, 5.41) is 3.62. The lowest BCUT2D eigenvalue weighted by Crippen LogP contribution is -2.30. The van der Waals surface area contributed by atoms with Gasteiger partial charge in [0.05, 0.1) is 0 Å². The van der Waals surface area contributed by atoms with E-state index in [0.717, 1.165) is 23.0 Å². The highest BCUT2D eigenvalue weighted by Gasteiger charge is 2.25. The van der Waals surface area contributed by atoms with Crippen LogP contribution in [0.5, 0.6) is 0 Å². The fourth-order valence-electron chi connectivity index (χ4n) is 3.08. The van der Waals surface area contributed by atoms with Crippen molar-refractivity contribution in [2.75, 3.05) is 6.54 Å². The lowest BCUT2D eigenvalue weighted by atomic mass is 9.81. The van der Waals surface area contributed by atoms with Crippen LogP contribution < -0.4 is 5.32 Å². The van der Waals surface area contributed by atoms with Crippen molar-refractivity contribution >= 4 is 15.9 Å². The van der Waals surface area contributed by atoms with Crippen LogP contribution in [0.25, 0.3) is 0 Å². The van der Waals surface area contributed by atoms with Gasteiger partial charge in [-0.05, 0) is 55.5 Å². The minimum atomic E-state index is -0.150. The Kier molecular flexibility index (Phi) is 5.83. The van der Waals surface area contributed by atoms with E-state index in [2.05, 4.69) is 34.2 Å². The summed E-state index contributed by atoms with van der Waals surface area (Å²) in [4.78, 5) is 0. The third-order valence-electron chi connectivity index (χ3n) is 3.98. The number of halogens is 2. The van der Waals surface area contributed by atoms with E-state index in [1.807, 2.05) is 0 Å². The number of hydrogen-bond acceptors (Lipinski definition) is 1. The van der Waals surface area contributed by atoms with Crippen LogP contribution in [-0.2, 0) is 0 Å². The van der Waals surface area contributed by atoms with Crippen molar-refractivity contribution < 1.29 is 4.39 Å². The van der Waals surface area contributed by atoms with Gasteiger partial charge in [0.15, 0.2) is 0 Å². The molecule has 0 aromatic heterocycles. The lowest BCUT2D eigenvalue weighted by Gasteiger charge is -2.31. The molecule has 19 heavy (non-hydrogen) atoms. The Bertz CT molecular complexity index is 381. The molecule has 1 aromatic rings. The van der Waals surface area contributed by atoms with E-state index < -0.39 is 0 Å². The highest BCUT2D eigenvalue weighted by molar-refractivity contribution is 9.10. The van der Waals surface area contributed by atoms with Crippen molar-refractivity contribution in [1.29, 1.82) is 0 Å². The van der Waals surface area contributed by atoms with E-state index in [0.29, 0.717) is 12.0 Å². The second kappa shape index (κ2) is 7.39. The molecule has 2 rings (SSSR count). The fraction of sp³-hybridized carbons (Fsp3) is 0.625. The van der Waals surface area contributed by atoms with E-state index in [1.54, 1.807) is 6.07 Å². The molecule has 1 nitrogen and oxygen atoms in total. The van der Waals surface area contributed by atoms with Gasteiger partial charge in [0, 0.05) is 10.5 Å². The molecule has 0 amide bonds. The predicted octanol–water partition coefficient (Wildman–Crippen LogP) is 5.21. The number of hydrogen-bond donors (Lipinski definition) is 1.